The number of hydrogen-bond acceptors (Lipinski definition) is 4. The van der Waals surface area contributed by atoms with Gasteiger partial charge in [-0.15, -0.1) is 11.8 Å². The monoisotopic (exact) mass is 315 g/mol. The van der Waals surface area contributed by atoms with Crippen molar-refractivity contribution in [3.8, 4) is 0 Å². The fourth-order valence-corrected chi connectivity index (χ4v) is 3.03. The van der Waals surface area contributed by atoms with Crippen molar-refractivity contribution in [2.75, 3.05) is 11.5 Å². The predicted molar refractivity (Wildman–Crippen MR) is 86.6 cm³/mol. The first-order chi connectivity index (χ1) is 10.6. The standard InChI is InChI=1S/C16H14FN3OS/c17-11-3-6-15-13(9-11)14(7-8-22-15)19-20-16(21)10-1-4-12(18)5-2-10/h1-7,9,19H,8,18H2,(H,20,21). The molecule has 6 heteroatoms. The molecule has 112 valence electrons. The van der Waals surface area contributed by atoms with Crippen LogP contribution in [0.25, 0.3) is 5.70 Å². The molecular formula is C16H14FN3OS. The van der Waals surface area contributed by atoms with E-state index in [9.17, 15) is 9.18 Å². The molecule has 4 N–H and O–H groups in total. The summed E-state index contributed by atoms with van der Waals surface area (Å²) in [7, 11) is 0. The topological polar surface area (TPSA) is 67.2 Å². The van der Waals surface area contributed by atoms with Crippen LogP contribution in [0.3, 0.4) is 0 Å². The van der Waals surface area contributed by atoms with Crippen molar-refractivity contribution in [2.24, 2.45) is 0 Å². The molecule has 1 aliphatic heterocycles. The zero-order valence-electron chi connectivity index (χ0n) is 11.6. The minimum atomic E-state index is -0.307. The van der Waals surface area contributed by atoms with E-state index in [4.69, 9.17) is 5.73 Å². The fraction of sp³-hybridized carbons (Fsp3) is 0.0625. The average molecular weight is 315 g/mol. The summed E-state index contributed by atoms with van der Waals surface area (Å²) < 4.78 is 13.4. The molecule has 0 fully saturated rings. The van der Waals surface area contributed by atoms with Gasteiger partial charge in [0.1, 0.15) is 5.82 Å². The van der Waals surface area contributed by atoms with Gasteiger partial charge in [-0.25, -0.2) is 4.39 Å². The molecule has 0 bridgehead atoms. The number of thioether (sulfide) groups is 1. The summed E-state index contributed by atoms with van der Waals surface area (Å²) in [5.41, 5.74) is 13.6. The maximum atomic E-state index is 13.4. The fourth-order valence-electron chi connectivity index (χ4n) is 2.11. The van der Waals surface area contributed by atoms with E-state index in [1.807, 2.05) is 6.08 Å². The van der Waals surface area contributed by atoms with Gasteiger partial charge < -0.3 is 5.73 Å². The Bertz CT molecular complexity index is 744. The summed E-state index contributed by atoms with van der Waals surface area (Å²) in [5.74, 6) is 0.175. The first-order valence-corrected chi connectivity index (χ1v) is 7.67. The van der Waals surface area contributed by atoms with Crippen LogP contribution in [0.4, 0.5) is 10.1 Å². The number of fused-ring (bicyclic) bond motifs is 1. The van der Waals surface area contributed by atoms with Crippen molar-refractivity contribution in [2.45, 2.75) is 4.90 Å². The van der Waals surface area contributed by atoms with E-state index in [-0.39, 0.29) is 11.7 Å². The van der Waals surface area contributed by atoms with Gasteiger partial charge in [0.25, 0.3) is 5.91 Å². The summed E-state index contributed by atoms with van der Waals surface area (Å²) in [4.78, 5) is 13.0. The van der Waals surface area contributed by atoms with E-state index < -0.39 is 0 Å². The number of amides is 1. The van der Waals surface area contributed by atoms with Gasteiger partial charge >= 0.3 is 0 Å². The lowest BCUT2D eigenvalue weighted by Gasteiger charge is -2.19. The maximum Gasteiger partial charge on any atom is 0.269 e. The first kappa shape index (κ1) is 14.5. The largest absolute Gasteiger partial charge is 0.399 e. The van der Waals surface area contributed by atoms with Crippen molar-refractivity contribution in [3.05, 3.63) is 65.5 Å². The van der Waals surface area contributed by atoms with E-state index in [2.05, 4.69) is 10.9 Å². The molecule has 4 nitrogen and oxygen atoms in total. The summed E-state index contributed by atoms with van der Waals surface area (Å²) in [6.45, 7) is 0. The van der Waals surface area contributed by atoms with Gasteiger partial charge in [0.05, 0.1) is 5.70 Å². The number of hydrogen-bond donors (Lipinski definition) is 3. The average Bonchev–Trinajstić information content (AvgIpc) is 2.53. The summed E-state index contributed by atoms with van der Waals surface area (Å²) in [5, 5.41) is 0. The van der Waals surface area contributed by atoms with Crippen LogP contribution in [-0.2, 0) is 0 Å². The van der Waals surface area contributed by atoms with Gasteiger partial charge in [-0.05, 0) is 48.5 Å². The summed E-state index contributed by atoms with van der Waals surface area (Å²) >= 11 is 1.62. The van der Waals surface area contributed by atoms with Crippen LogP contribution >= 0.6 is 11.8 Å². The maximum absolute atomic E-state index is 13.4. The Morgan fingerprint density at radius 1 is 1.18 bits per heavy atom. The highest BCUT2D eigenvalue weighted by Gasteiger charge is 2.15. The molecule has 22 heavy (non-hydrogen) atoms. The Kier molecular flexibility index (Phi) is 4.02. The molecule has 0 radical (unpaired) electrons. The molecule has 0 unspecified atom stereocenters. The molecular weight excluding hydrogens is 301 g/mol. The zero-order chi connectivity index (χ0) is 15.5. The minimum absolute atomic E-state index is 0.280. The van der Waals surface area contributed by atoms with E-state index >= 15 is 0 Å². The second kappa shape index (κ2) is 6.11. The highest BCUT2D eigenvalue weighted by molar-refractivity contribution is 7.99. The van der Waals surface area contributed by atoms with Crippen LogP contribution in [0.1, 0.15) is 15.9 Å². The molecule has 0 aliphatic carbocycles. The van der Waals surface area contributed by atoms with Gasteiger partial charge in [0.2, 0.25) is 0 Å². The lowest BCUT2D eigenvalue weighted by atomic mass is 10.1. The number of hydrazine groups is 1. The normalized spacial score (nSPS) is 13.0. The molecule has 1 heterocycles. The third-order valence-electron chi connectivity index (χ3n) is 3.24. The molecule has 3 rings (SSSR count). The number of anilines is 1. The Hall–Kier alpha value is -2.47. The van der Waals surface area contributed by atoms with E-state index in [1.54, 1.807) is 42.1 Å². The van der Waals surface area contributed by atoms with Gasteiger partial charge in [0, 0.05) is 27.5 Å². The number of benzene rings is 2. The van der Waals surface area contributed by atoms with Crippen molar-refractivity contribution < 1.29 is 9.18 Å². The highest BCUT2D eigenvalue weighted by atomic mass is 32.2. The van der Waals surface area contributed by atoms with Gasteiger partial charge in [0.15, 0.2) is 0 Å². The van der Waals surface area contributed by atoms with Crippen LogP contribution in [-0.4, -0.2) is 11.7 Å². The van der Waals surface area contributed by atoms with Crippen LogP contribution in [0.5, 0.6) is 0 Å². The van der Waals surface area contributed by atoms with Crippen molar-refractivity contribution in [3.63, 3.8) is 0 Å². The van der Waals surface area contributed by atoms with E-state index in [0.29, 0.717) is 16.9 Å². The summed E-state index contributed by atoms with van der Waals surface area (Å²) in [6.07, 6.45) is 1.91. The van der Waals surface area contributed by atoms with Crippen molar-refractivity contribution in [1.82, 2.24) is 10.9 Å². The quantitative estimate of drug-likeness (QED) is 0.602. The number of rotatable bonds is 3. The number of carbonyl (C=O) groups excluding carboxylic acids is 1. The molecule has 0 aromatic heterocycles. The Morgan fingerprint density at radius 2 is 1.95 bits per heavy atom. The SMILES string of the molecule is Nc1ccc(C(=O)NNC2=CCSc3ccc(F)cc32)cc1. The summed E-state index contributed by atoms with van der Waals surface area (Å²) in [6, 6.07) is 11.2. The van der Waals surface area contributed by atoms with E-state index in [0.717, 1.165) is 16.2 Å². The Labute approximate surface area is 131 Å². The molecule has 2 aromatic rings. The molecule has 0 saturated heterocycles. The minimum Gasteiger partial charge on any atom is -0.399 e. The molecule has 1 amide bonds. The number of nitrogen functional groups attached to an aromatic ring is 1. The highest BCUT2D eigenvalue weighted by Crippen LogP contribution is 2.32. The molecule has 2 aromatic carbocycles. The molecule has 0 spiro atoms. The van der Waals surface area contributed by atoms with Crippen LogP contribution in [0.2, 0.25) is 0 Å². The second-order valence-electron chi connectivity index (χ2n) is 4.77. The lowest BCUT2D eigenvalue weighted by molar-refractivity contribution is 0.0942. The predicted octanol–water partition coefficient (Wildman–Crippen LogP) is 2.79. The molecule has 1 aliphatic rings. The van der Waals surface area contributed by atoms with Gasteiger partial charge in [-0.2, -0.15) is 0 Å². The third-order valence-corrected chi connectivity index (χ3v) is 4.24. The smallest absolute Gasteiger partial charge is 0.269 e. The Morgan fingerprint density at radius 3 is 2.73 bits per heavy atom. The first-order valence-electron chi connectivity index (χ1n) is 6.68. The lowest BCUT2D eigenvalue weighted by Crippen LogP contribution is -2.36. The van der Waals surface area contributed by atoms with Gasteiger partial charge in [-0.1, -0.05) is 0 Å². The van der Waals surface area contributed by atoms with Crippen LogP contribution < -0.4 is 16.6 Å². The Balaban J connectivity index is 1.72. The van der Waals surface area contributed by atoms with Crippen molar-refractivity contribution in [1.29, 1.82) is 0 Å². The van der Waals surface area contributed by atoms with E-state index in [1.165, 1.54) is 12.1 Å². The van der Waals surface area contributed by atoms with Crippen molar-refractivity contribution >= 4 is 29.1 Å². The molecule has 0 saturated carbocycles. The number of nitrogens with one attached hydrogen (secondary N) is 2. The molecule has 0 atom stereocenters. The van der Waals surface area contributed by atoms with Crippen LogP contribution in [0, 0.1) is 5.82 Å². The second-order valence-corrected chi connectivity index (χ2v) is 5.83. The number of halogens is 1. The third kappa shape index (κ3) is 3.07. The van der Waals surface area contributed by atoms with Crippen LogP contribution in [0.15, 0.2) is 53.4 Å². The number of nitrogens with two attached hydrogens (primary N) is 1. The zero-order valence-corrected chi connectivity index (χ0v) is 12.4. The van der Waals surface area contributed by atoms with Gasteiger partial charge in [-0.3, -0.25) is 15.6 Å². The number of carbonyl (C=O) groups is 1.